The van der Waals surface area contributed by atoms with Gasteiger partial charge in [-0.05, 0) is 65.6 Å². The summed E-state index contributed by atoms with van der Waals surface area (Å²) in [6.45, 7) is 1.49. The molecule has 288 valence electrons. The summed E-state index contributed by atoms with van der Waals surface area (Å²) in [7, 11) is 2.39. The van der Waals surface area contributed by atoms with Crippen LogP contribution in [0.2, 0.25) is 0 Å². The van der Waals surface area contributed by atoms with Gasteiger partial charge < -0.3 is 24.2 Å². The summed E-state index contributed by atoms with van der Waals surface area (Å²) < 4.78 is 71.5. The lowest BCUT2D eigenvalue weighted by Crippen LogP contribution is -2.42. The molecule has 2 amide bonds. The Kier molecular flexibility index (Phi) is 11.8. The summed E-state index contributed by atoms with van der Waals surface area (Å²) in [5, 5.41) is 6.51. The number of methoxy groups -OCH3 is 2. The first-order chi connectivity index (χ1) is 26.8. The molecule has 0 aliphatic heterocycles. The second-order valence-corrected chi connectivity index (χ2v) is 13.0. The molecule has 56 heavy (non-hydrogen) atoms. The smallest absolute Gasteiger partial charge is 0.416 e. The Morgan fingerprint density at radius 3 is 2.14 bits per heavy atom. The molecule has 0 saturated heterocycles. The second-order valence-electron chi connectivity index (χ2n) is 13.0. The summed E-state index contributed by atoms with van der Waals surface area (Å²) in [5.74, 6) is -2.99. The number of hydrogen-bond acceptors (Lipinski definition) is 8. The zero-order valence-corrected chi connectivity index (χ0v) is 30.5. The van der Waals surface area contributed by atoms with E-state index in [9.17, 15) is 27.6 Å². The van der Waals surface area contributed by atoms with E-state index in [1.165, 1.54) is 30.9 Å². The third-order valence-corrected chi connectivity index (χ3v) is 9.09. The molecule has 0 fully saturated rings. The van der Waals surface area contributed by atoms with Gasteiger partial charge in [-0.1, -0.05) is 83.5 Å². The molecule has 0 spiro atoms. The van der Waals surface area contributed by atoms with E-state index in [0.29, 0.717) is 22.8 Å². The predicted octanol–water partition coefficient (Wildman–Crippen LogP) is 7.67. The van der Waals surface area contributed by atoms with Crippen LogP contribution >= 0.6 is 0 Å². The fourth-order valence-corrected chi connectivity index (χ4v) is 6.06. The van der Waals surface area contributed by atoms with Crippen LogP contribution in [0.25, 0.3) is 34.0 Å². The highest BCUT2D eigenvalue weighted by Gasteiger charge is 2.35. The molecule has 6 rings (SSSR count). The summed E-state index contributed by atoms with van der Waals surface area (Å²) in [6, 6.07) is 26.1. The molecule has 0 bridgehead atoms. The number of esters is 1. The van der Waals surface area contributed by atoms with Crippen LogP contribution in [0.4, 0.5) is 17.6 Å². The van der Waals surface area contributed by atoms with E-state index in [1.54, 1.807) is 24.3 Å². The van der Waals surface area contributed by atoms with E-state index < -0.39 is 54.6 Å². The Morgan fingerprint density at radius 1 is 0.875 bits per heavy atom. The predicted molar refractivity (Wildman–Crippen MR) is 198 cm³/mol. The van der Waals surface area contributed by atoms with E-state index in [-0.39, 0.29) is 23.6 Å². The molecule has 0 radical (unpaired) electrons. The first-order valence-electron chi connectivity index (χ1n) is 17.4. The van der Waals surface area contributed by atoms with Crippen molar-refractivity contribution in [2.75, 3.05) is 20.8 Å². The lowest BCUT2D eigenvalue weighted by atomic mass is 9.95. The zero-order valence-electron chi connectivity index (χ0n) is 30.5. The first-order valence-corrected chi connectivity index (χ1v) is 17.4. The van der Waals surface area contributed by atoms with E-state index in [0.717, 1.165) is 46.9 Å². The fourth-order valence-electron chi connectivity index (χ4n) is 6.06. The average molecular weight is 769 g/mol. The van der Waals surface area contributed by atoms with Gasteiger partial charge in [-0.25, -0.2) is 4.39 Å². The van der Waals surface area contributed by atoms with Crippen LogP contribution in [-0.2, 0) is 38.3 Å². The van der Waals surface area contributed by atoms with Gasteiger partial charge in [0.25, 0.3) is 5.89 Å². The minimum Gasteiger partial charge on any atom is -0.497 e. The SMILES string of the molecule is COC(=O)CN(Cc1ccc(-c2noc(-c3ccc(-c4ccc(C)cc4)cc3)n2)cc1)C(=O)C1C=CC(NC(=O)Cc2ccc(OC)cc2C(F)(F)F)=CC1F. The van der Waals surface area contributed by atoms with E-state index in [1.807, 2.05) is 31.2 Å². The topological polar surface area (TPSA) is 124 Å². The number of aromatic nitrogens is 2. The van der Waals surface area contributed by atoms with Gasteiger partial charge in [-0.2, -0.15) is 18.2 Å². The Hall–Kier alpha value is -6.57. The minimum atomic E-state index is -4.74. The molecule has 0 saturated carbocycles. The Bertz CT molecular complexity index is 2270. The number of hydrogen-bond donors (Lipinski definition) is 1. The standard InChI is InChI=1S/C42H36F4N4O6/c1-25-4-8-27(9-5-25)28-12-14-30(15-13-28)40-48-39(49-56-40)29-10-6-26(7-11-29)23-50(24-38(52)55-3)41(53)34-19-17-32(21-36(34)43)47-37(51)20-31-16-18-33(54-2)22-35(31)42(44,45)46/h4-19,21-22,34,36H,20,23-24H2,1-3H3,(H,47,51). The number of carbonyl (C=O) groups is 3. The average Bonchev–Trinajstić information content (AvgIpc) is 3.68. The van der Waals surface area contributed by atoms with Crippen molar-refractivity contribution < 1.29 is 45.9 Å². The number of amides is 2. The van der Waals surface area contributed by atoms with E-state index in [4.69, 9.17) is 14.0 Å². The maximum Gasteiger partial charge on any atom is 0.416 e. The van der Waals surface area contributed by atoms with Crippen LogP contribution in [0.15, 0.2) is 119 Å². The third-order valence-electron chi connectivity index (χ3n) is 9.09. The number of ether oxygens (including phenoxy) is 2. The number of rotatable bonds is 12. The number of carbonyl (C=O) groups excluding carboxylic acids is 3. The molecule has 1 N–H and O–H groups in total. The van der Waals surface area contributed by atoms with Crippen LogP contribution in [0.3, 0.4) is 0 Å². The van der Waals surface area contributed by atoms with E-state index >= 15 is 4.39 Å². The number of halogens is 4. The number of benzene rings is 4. The van der Waals surface area contributed by atoms with Crippen LogP contribution < -0.4 is 10.1 Å². The number of aryl methyl sites for hydroxylation is 1. The lowest BCUT2D eigenvalue weighted by Gasteiger charge is -2.28. The molecule has 4 aromatic carbocycles. The van der Waals surface area contributed by atoms with Crippen molar-refractivity contribution in [1.82, 2.24) is 20.4 Å². The second kappa shape index (κ2) is 16.8. The highest BCUT2D eigenvalue weighted by molar-refractivity contribution is 5.86. The van der Waals surface area contributed by atoms with Crippen LogP contribution in [0, 0.1) is 12.8 Å². The van der Waals surface area contributed by atoms with Crippen molar-refractivity contribution in [2.24, 2.45) is 5.92 Å². The van der Waals surface area contributed by atoms with Gasteiger partial charge in [0, 0.05) is 23.4 Å². The largest absolute Gasteiger partial charge is 0.497 e. The molecule has 2 unspecified atom stereocenters. The van der Waals surface area contributed by atoms with E-state index in [2.05, 4.69) is 39.7 Å². The normalized spacial score (nSPS) is 15.2. The molecule has 1 aliphatic carbocycles. The lowest BCUT2D eigenvalue weighted by molar-refractivity contribution is -0.149. The molecule has 10 nitrogen and oxygen atoms in total. The van der Waals surface area contributed by atoms with Crippen molar-refractivity contribution in [3.8, 4) is 39.7 Å². The number of nitrogens with one attached hydrogen (secondary N) is 1. The molecule has 1 aromatic heterocycles. The summed E-state index contributed by atoms with van der Waals surface area (Å²) in [4.78, 5) is 44.3. The molecular weight excluding hydrogens is 732 g/mol. The number of allylic oxidation sites excluding steroid dienone is 2. The number of nitrogens with zero attached hydrogens (tertiary/aromatic N) is 3. The van der Waals surface area contributed by atoms with Gasteiger partial charge in [-0.3, -0.25) is 14.4 Å². The Balaban J connectivity index is 1.09. The van der Waals surface area contributed by atoms with Gasteiger partial charge >= 0.3 is 12.1 Å². The maximum atomic E-state index is 15.5. The van der Waals surface area contributed by atoms with Crippen molar-refractivity contribution in [1.29, 1.82) is 0 Å². The van der Waals surface area contributed by atoms with Crippen LogP contribution in [0.1, 0.15) is 22.3 Å². The highest BCUT2D eigenvalue weighted by atomic mass is 19.4. The first kappa shape index (κ1) is 39.1. The summed E-state index contributed by atoms with van der Waals surface area (Å²) in [6.07, 6.45) is -3.80. The molecular formula is C42H36F4N4O6. The molecule has 5 aromatic rings. The Labute approximate surface area is 319 Å². The molecule has 1 heterocycles. The molecule has 14 heteroatoms. The van der Waals surface area contributed by atoms with Crippen LogP contribution in [0.5, 0.6) is 5.75 Å². The quantitative estimate of drug-likeness (QED) is 0.101. The highest BCUT2D eigenvalue weighted by Crippen LogP contribution is 2.35. The summed E-state index contributed by atoms with van der Waals surface area (Å²) >= 11 is 0. The van der Waals surface area contributed by atoms with Crippen molar-refractivity contribution in [3.63, 3.8) is 0 Å². The molecule has 1 aliphatic rings. The fraction of sp³-hybridized carbons (Fsp3) is 0.214. The maximum absolute atomic E-state index is 15.5. The monoisotopic (exact) mass is 768 g/mol. The van der Waals surface area contributed by atoms with Gasteiger partial charge in [0.1, 0.15) is 18.5 Å². The van der Waals surface area contributed by atoms with Crippen molar-refractivity contribution >= 4 is 17.8 Å². The zero-order chi connectivity index (χ0) is 40.0. The van der Waals surface area contributed by atoms with Crippen molar-refractivity contribution in [3.05, 3.63) is 137 Å². The minimum absolute atomic E-state index is 0.0246. The van der Waals surface area contributed by atoms with Crippen LogP contribution in [-0.4, -0.2) is 59.8 Å². The third kappa shape index (κ3) is 9.38. The van der Waals surface area contributed by atoms with Gasteiger partial charge in [-0.15, -0.1) is 0 Å². The molecule has 2 atom stereocenters. The summed E-state index contributed by atoms with van der Waals surface area (Å²) in [5.41, 5.74) is 3.93. The van der Waals surface area contributed by atoms with Gasteiger partial charge in [0.15, 0.2) is 0 Å². The van der Waals surface area contributed by atoms with Gasteiger partial charge in [0.2, 0.25) is 17.6 Å². The van der Waals surface area contributed by atoms with Gasteiger partial charge in [0.05, 0.1) is 32.1 Å². The number of alkyl halides is 4. The van der Waals surface area contributed by atoms with Crippen molar-refractivity contribution in [2.45, 2.75) is 32.2 Å². The Morgan fingerprint density at radius 2 is 1.52 bits per heavy atom.